The van der Waals surface area contributed by atoms with Crippen LogP contribution in [0.5, 0.6) is 0 Å². The zero-order valence-corrected chi connectivity index (χ0v) is 18.4. The van der Waals surface area contributed by atoms with Crippen molar-refractivity contribution < 1.29 is 9.18 Å². The lowest BCUT2D eigenvalue weighted by molar-refractivity contribution is 0.0974. The van der Waals surface area contributed by atoms with Crippen LogP contribution in [0.15, 0.2) is 60.1 Å². The molecule has 0 spiro atoms. The summed E-state index contributed by atoms with van der Waals surface area (Å²) in [5.74, 6) is -0.265. The molecule has 5 rings (SSSR count). The number of aromatic amines is 1. The van der Waals surface area contributed by atoms with E-state index < -0.39 is 11.7 Å². The largest absolute Gasteiger partial charge is 0.301 e. The summed E-state index contributed by atoms with van der Waals surface area (Å²) in [5, 5.41) is 9.95. The van der Waals surface area contributed by atoms with Gasteiger partial charge < -0.3 is 5.32 Å². The van der Waals surface area contributed by atoms with Crippen molar-refractivity contribution in [2.24, 2.45) is 4.99 Å². The van der Waals surface area contributed by atoms with Gasteiger partial charge in [0.15, 0.2) is 5.17 Å². The fraction of sp³-hybridized carbons (Fsp3) is 0.100. The van der Waals surface area contributed by atoms with Crippen LogP contribution >= 0.6 is 36.6 Å². The summed E-state index contributed by atoms with van der Waals surface area (Å²) in [4.78, 5) is 20.9. The van der Waals surface area contributed by atoms with E-state index in [1.807, 2.05) is 22.7 Å². The molecule has 0 bridgehead atoms. The molecule has 0 radical (unpaired) electrons. The molecular formula is C20H17Cl2FN6OS. The quantitative estimate of drug-likeness (QED) is 0.461. The zero-order chi connectivity index (χ0) is 19.8. The van der Waals surface area contributed by atoms with Gasteiger partial charge in [-0.1, -0.05) is 17.8 Å². The third kappa shape index (κ3) is 4.43. The lowest BCUT2D eigenvalue weighted by Gasteiger charge is -2.08. The summed E-state index contributed by atoms with van der Waals surface area (Å²) in [5.41, 5.74) is 3.98. The molecular weight excluding hydrogens is 462 g/mol. The molecule has 3 aromatic heterocycles. The van der Waals surface area contributed by atoms with E-state index in [9.17, 15) is 9.18 Å². The Hall–Kier alpha value is -2.88. The van der Waals surface area contributed by atoms with Crippen LogP contribution in [0.4, 0.5) is 4.39 Å². The van der Waals surface area contributed by atoms with E-state index in [2.05, 4.69) is 25.5 Å². The van der Waals surface area contributed by atoms with E-state index in [1.165, 1.54) is 23.9 Å². The van der Waals surface area contributed by atoms with Gasteiger partial charge in [-0.15, -0.1) is 24.8 Å². The van der Waals surface area contributed by atoms with Gasteiger partial charge >= 0.3 is 0 Å². The fourth-order valence-corrected chi connectivity index (χ4v) is 3.93. The number of carbonyl (C=O) groups excluding carboxylic acids is 1. The summed E-state index contributed by atoms with van der Waals surface area (Å²) in [7, 11) is 0. The van der Waals surface area contributed by atoms with Gasteiger partial charge in [0.05, 0.1) is 30.2 Å². The third-order valence-electron chi connectivity index (χ3n) is 4.65. The number of nitrogens with zero attached hydrogens (tertiary/aromatic N) is 4. The Morgan fingerprint density at radius 1 is 1.13 bits per heavy atom. The average Bonchev–Trinajstić information content (AvgIpc) is 3.48. The molecule has 7 nitrogen and oxygen atoms in total. The Morgan fingerprint density at radius 2 is 1.97 bits per heavy atom. The Balaban J connectivity index is 0.00000136. The monoisotopic (exact) mass is 478 g/mol. The number of benzene rings is 1. The Labute approximate surface area is 193 Å². The predicted molar refractivity (Wildman–Crippen MR) is 125 cm³/mol. The molecule has 11 heteroatoms. The first-order valence-electron chi connectivity index (χ1n) is 8.94. The highest BCUT2D eigenvalue weighted by atomic mass is 35.5. The molecule has 31 heavy (non-hydrogen) atoms. The number of pyridine rings is 1. The van der Waals surface area contributed by atoms with Crippen molar-refractivity contribution in [2.45, 2.75) is 0 Å². The fourth-order valence-electron chi connectivity index (χ4n) is 3.21. The van der Waals surface area contributed by atoms with Crippen LogP contribution in [0.1, 0.15) is 10.4 Å². The standard InChI is InChI=1S/C20H15FN6OS.2ClH/c21-16-7-12(1-3-15(16)19(28)26-20-22-5-6-29-20)17-10-23-18-4-2-13(11-27(17)18)14-8-24-25-9-14;;/h1-4,7-11H,5-6H2,(H,24,25)(H,22,26,28);2*1H. The number of aromatic nitrogens is 4. The smallest absolute Gasteiger partial charge is 0.260 e. The van der Waals surface area contributed by atoms with Crippen LogP contribution in [0.2, 0.25) is 0 Å². The molecule has 4 heterocycles. The van der Waals surface area contributed by atoms with Gasteiger partial charge in [0.2, 0.25) is 0 Å². The number of fused-ring (bicyclic) bond motifs is 1. The summed E-state index contributed by atoms with van der Waals surface area (Å²) in [6.07, 6.45) is 7.15. The molecule has 0 saturated carbocycles. The van der Waals surface area contributed by atoms with Gasteiger partial charge in [0, 0.05) is 34.8 Å². The first-order valence-corrected chi connectivity index (χ1v) is 9.92. The van der Waals surface area contributed by atoms with Crippen LogP contribution in [0.3, 0.4) is 0 Å². The first kappa shape index (κ1) is 22.8. The molecule has 1 aliphatic heterocycles. The van der Waals surface area contributed by atoms with Crippen LogP contribution < -0.4 is 5.32 Å². The van der Waals surface area contributed by atoms with Crippen molar-refractivity contribution in [2.75, 3.05) is 12.3 Å². The number of nitrogens with one attached hydrogen (secondary N) is 2. The second-order valence-electron chi connectivity index (χ2n) is 6.46. The number of aliphatic imine (C=N–C) groups is 1. The predicted octanol–water partition coefficient (Wildman–Crippen LogP) is 4.21. The summed E-state index contributed by atoms with van der Waals surface area (Å²) < 4.78 is 16.6. The number of halogens is 3. The molecule has 160 valence electrons. The maximum absolute atomic E-state index is 14.7. The van der Waals surface area contributed by atoms with Gasteiger partial charge in [-0.2, -0.15) is 5.10 Å². The number of imidazole rings is 1. The van der Waals surface area contributed by atoms with E-state index >= 15 is 0 Å². The number of hydrogen-bond acceptors (Lipinski definition) is 5. The van der Waals surface area contributed by atoms with Gasteiger partial charge in [-0.05, 0) is 24.3 Å². The van der Waals surface area contributed by atoms with Crippen molar-refractivity contribution in [3.63, 3.8) is 0 Å². The van der Waals surface area contributed by atoms with Gasteiger partial charge in [-0.25, -0.2) is 9.37 Å². The molecule has 0 unspecified atom stereocenters. The lowest BCUT2D eigenvalue weighted by atomic mass is 10.1. The highest BCUT2D eigenvalue weighted by molar-refractivity contribution is 8.14. The summed E-state index contributed by atoms with van der Waals surface area (Å²) in [6, 6.07) is 8.40. The normalized spacial score (nSPS) is 12.7. The van der Waals surface area contributed by atoms with Crippen molar-refractivity contribution >= 4 is 53.3 Å². The van der Waals surface area contributed by atoms with Crippen LogP contribution in [0.25, 0.3) is 28.0 Å². The van der Waals surface area contributed by atoms with Crippen molar-refractivity contribution in [1.82, 2.24) is 24.9 Å². The Kier molecular flexibility index (Phi) is 6.99. The molecule has 1 aliphatic rings. The number of amidine groups is 1. The van der Waals surface area contributed by atoms with Crippen molar-refractivity contribution in [3.8, 4) is 22.4 Å². The van der Waals surface area contributed by atoms with Gasteiger partial charge in [0.1, 0.15) is 11.5 Å². The van der Waals surface area contributed by atoms with Gasteiger partial charge in [0.25, 0.3) is 5.91 Å². The highest BCUT2D eigenvalue weighted by Gasteiger charge is 2.17. The SMILES string of the molecule is Cl.Cl.O=C(NC1=NCCS1)c1ccc(-c2cnc3ccc(-c4cn[nH]c4)cn23)cc1F. The lowest BCUT2D eigenvalue weighted by Crippen LogP contribution is -2.28. The maximum atomic E-state index is 14.7. The topological polar surface area (TPSA) is 87.4 Å². The number of rotatable bonds is 3. The van der Waals surface area contributed by atoms with Crippen molar-refractivity contribution in [1.29, 1.82) is 0 Å². The van der Waals surface area contributed by atoms with Crippen LogP contribution in [-0.4, -0.2) is 43.0 Å². The Bertz CT molecular complexity index is 1260. The van der Waals surface area contributed by atoms with E-state index in [-0.39, 0.29) is 30.4 Å². The molecule has 0 aliphatic carbocycles. The van der Waals surface area contributed by atoms with E-state index in [1.54, 1.807) is 24.7 Å². The minimum Gasteiger partial charge on any atom is -0.301 e. The number of hydrogen-bond donors (Lipinski definition) is 2. The molecule has 0 fully saturated rings. The number of amides is 1. The first-order chi connectivity index (χ1) is 14.2. The third-order valence-corrected chi connectivity index (χ3v) is 5.54. The molecule has 4 aromatic rings. The summed E-state index contributed by atoms with van der Waals surface area (Å²) >= 11 is 1.45. The van der Waals surface area contributed by atoms with Crippen molar-refractivity contribution in [3.05, 3.63) is 66.5 Å². The average molecular weight is 479 g/mol. The highest BCUT2D eigenvalue weighted by Crippen LogP contribution is 2.26. The van der Waals surface area contributed by atoms with E-state index in [0.717, 1.165) is 28.2 Å². The van der Waals surface area contributed by atoms with Crippen LogP contribution in [-0.2, 0) is 0 Å². The Morgan fingerprint density at radius 3 is 2.68 bits per heavy atom. The van der Waals surface area contributed by atoms with E-state index in [0.29, 0.717) is 17.3 Å². The minimum absolute atomic E-state index is 0. The van der Waals surface area contributed by atoms with E-state index in [4.69, 9.17) is 0 Å². The minimum atomic E-state index is -0.593. The molecule has 2 N–H and O–H groups in total. The van der Waals surface area contributed by atoms with Crippen LogP contribution in [0, 0.1) is 5.82 Å². The number of H-pyrrole nitrogens is 1. The molecule has 1 aromatic carbocycles. The summed E-state index contributed by atoms with van der Waals surface area (Å²) in [6.45, 7) is 0.663. The second-order valence-corrected chi connectivity index (χ2v) is 7.54. The number of thioether (sulfide) groups is 1. The molecule has 0 atom stereocenters. The molecule has 1 amide bonds. The maximum Gasteiger partial charge on any atom is 0.260 e. The zero-order valence-electron chi connectivity index (χ0n) is 15.9. The number of carbonyl (C=O) groups is 1. The molecule has 0 saturated heterocycles. The second kappa shape index (κ2) is 9.51. The van der Waals surface area contributed by atoms with Gasteiger partial charge in [-0.3, -0.25) is 19.3 Å².